The van der Waals surface area contributed by atoms with Gasteiger partial charge in [-0.25, -0.2) is 4.57 Å². The van der Waals surface area contributed by atoms with E-state index in [9.17, 15) is 19.3 Å². The van der Waals surface area contributed by atoms with E-state index in [1.165, 1.54) is 96.3 Å². The molecule has 9 nitrogen and oxygen atoms in total. The van der Waals surface area contributed by atoms with Gasteiger partial charge in [-0.15, -0.1) is 0 Å². The second-order valence-electron chi connectivity index (χ2n) is 14.1. The Hall–Kier alpha value is -2.29. The lowest BCUT2D eigenvalue weighted by atomic mass is 10.0. The van der Waals surface area contributed by atoms with E-state index in [0.29, 0.717) is 25.7 Å². The number of carbonyl (C=O) groups excluding carboxylic acids is 2. The molecule has 0 fully saturated rings. The molecule has 0 aromatic carbocycles. The lowest BCUT2D eigenvalue weighted by molar-refractivity contribution is -0.161. The van der Waals surface area contributed by atoms with Crippen molar-refractivity contribution in [3.05, 3.63) is 60.8 Å². The number of hydrogen-bond acceptors (Lipinski definition) is 7. The molecule has 0 saturated carbocycles. The van der Waals surface area contributed by atoms with Crippen LogP contribution in [0.1, 0.15) is 181 Å². The van der Waals surface area contributed by atoms with Gasteiger partial charge in [-0.3, -0.25) is 14.1 Å². The molecular weight excluding hydrogens is 703 g/mol. The van der Waals surface area contributed by atoms with Crippen LogP contribution in [0.25, 0.3) is 0 Å². The molecule has 0 bridgehead atoms. The molecule has 0 aromatic heterocycles. The van der Waals surface area contributed by atoms with Gasteiger partial charge < -0.3 is 24.4 Å². The van der Waals surface area contributed by atoms with Gasteiger partial charge in [0.2, 0.25) is 0 Å². The first-order valence-corrected chi connectivity index (χ1v) is 22.7. The number of phosphoric acid groups is 1. The highest BCUT2D eigenvalue weighted by atomic mass is 31.2. The Labute approximate surface area is 329 Å². The van der Waals surface area contributed by atoms with Crippen molar-refractivity contribution in [3.8, 4) is 0 Å². The van der Waals surface area contributed by atoms with Crippen LogP contribution in [0.4, 0.5) is 0 Å². The highest BCUT2D eigenvalue weighted by Gasteiger charge is 2.22. The Kier molecular flexibility index (Phi) is 37.3. The van der Waals surface area contributed by atoms with Crippen molar-refractivity contribution in [2.75, 3.05) is 13.2 Å². The van der Waals surface area contributed by atoms with Gasteiger partial charge in [-0.1, -0.05) is 184 Å². The van der Waals surface area contributed by atoms with Gasteiger partial charge >= 0.3 is 19.8 Å². The zero-order valence-corrected chi connectivity index (χ0v) is 34.9. The fourth-order valence-electron chi connectivity index (χ4n) is 5.65. The predicted octanol–water partition coefficient (Wildman–Crippen LogP) is 11.9. The largest absolute Gasteiger partial charge is 0.469 e. The molecule has 0 unspecified atom stereocenters. The Morgan fingerprint density at radius 3 is 1.54 bits per heavy atom. The summed E-state index contributed by atoms with van der Waals surface area (Å²) in [5.41, 5.74) is 0. The number of phosphoric ester groups is 1. The normalized spacial score (nSPS) is 13.6. The summed E-state index contributed by atoms with van der Waals surface area (Å²) in [7, 11) is -4.78. The molecule has 0 aromatic rings. The minimum absolute atomic E-state index is 0.119. The van der Waals surface area contributed by atoms with Crippen LogP contribution in [0.2, 0.25) is 0 Å². The predicted molar refractivity (Wildman–Crippen MR) is 222 cm³/mol. The number of aliphatic hydroxyl groups is 1. The molecule has 3 N–H and O–H groups in total. The summed E-state index contributed by atoms with van der Waals surface area (Å²) in [6.07, 6.45) is 46.1. The van der Waals surface area contributed by atoms with Crippen LogP contribution < -0.4 is 0 Å². The third-order valence-electron chi connectivity index (χ3n) is 8.96. The number of rotatable bonds is 38. The Bertz CT molecular complexity index is 1080. The monoisotopic (exact) mass is 781 g/mol. The van der Waals surface area contributed by atoms with Crippen molar-refractivity contribution in [2.24, 2.45) is 0 Å². The molecule has 10 heteroatoms. The standard InChI is InChI=1S/C44H77O9P/c1-3-5-6-7-8-9-10-11-12-13-14-15-19-22-25-28-31-34-37-43(46)51-39-42(40-52-54(48,49)50)53-44(47)38-35-32-29-26-23-20-17-16-18-21-24-27-30-33-36-41(45)4-2/h17-18,20-21,26-27,29-30,33,36,41-42,45H,3-16,19,22-25,28,31-32,34-35,37-40H2,1-2H3,(H2,48,49,50)/b20-17-,21-18-,29-26-,30-27-,36-33+/t41-,42-/m1/s1. The number of hydrogen-bond donors (Lipinski definition) is 3. The van der Waals surface area contributed by atoms with Gasteiger partial charge in [0.25, 0.3) is 0 Å². The molecule has 0 amide bonds. The van der Waals surface area contributed by atoms with Gasteiger partial charge in [-0.05, 0) is 44.9 Å². The molecule has 0 saturated heterocycles. The topological polar surface area (TPSA) is 140 Å². The fraction of sp³-hybridized carbons (Fsp3) is 0.727. The average molecular weight is 781 g/mol. The summed E-state index contributed by atoms with van der Waals surface area (Å²) >= 11 is 0. The summed E-state index contributed by atoms with van der Waals surface area (Å²) in [4.78, 5) is 42.8. The van der Waals surface area contributed by atoms with Crippen molar-refractivity contribution in [2.45, 2.75) is 193 Å². The molecule has 312 valence electrons. The van der Waals surface area contributed by atoms with Crippen molar-refractivity contribution < 1.29 is 43.0 Å². The van der Waals surface area contributed by atoms with Gasteiger partial charge in [0.1, 0.15) is 6.61 Å². The van der Waals surface area contributed by atoms with Crippen LogP contribution in [-0.4, -0.2) is 52.3 Å². The number of allylic oxidation sites excluding steroid dienone is 9. The van der Waals surface area contributed by atoms with Crippen LogP contribution in [0.5, 0.6) is 0 Å². The maximum atomic E-state index is 12.4. The third-order valence-corrected chi connectivity index (χ3v) is 9.44. The van der Waals surface area contributed by atoms with Crippen LogP contribution >= 0.6 is 7.82 Å². The lowest BCUT2D eigenvalue weighted by Crippen LogP contribution is -2.29. The molecular formula is C44H77O9P. The summed E-state index contributed by atoms with van der Waals surface area (Å²) in [5.74, 6) is -0.970. The average Bonchev–Trinajstić information content (AvgIpc) is 3.14. The SMILES string of the molecule is CCCCCCCCCCCCCCCCCCCCC(=O)OC[C@H](COP(=O)(O)O)OC(=O)CCC/C=C\C/C=C\C/C=C\C/C=C\C=C\[C@H](O)CC. The van der Waals surface area contributed by atoms with Gasteiger partial charge in [-0.2, -0.15) is 0 Å². The van der Waals surface area contributed by atoms with E-state index in [4.69, 9.17) is 19.3 Å². The first kappa shape index (κ1) is 51.7. The zero-order valence-electron chi connectivity index (χ0n) is 34.0. The van der Waals surface area contributed by atoms with E-state index in [1.807, 2.05) is 37.3 Å². The molecule has 0 aliphatic rings. The minimum atomic E-state index is -4.78. The van der Waals surface area contributed by atoms with Crippen molar-refractivity contribution in [1.29, 1.82) is 0 Å². The highest BCUT2D eigenvalue weighted by molar-refractivity contribution is 7.46. The quantitative estimate of drug-likeness (QED) is 0.0184. The van der Waals surface area contributed by atoms with Crippen molar-refractivity contribution in [3.63, 3.8) is 0 Å². The van der Waals surface area contributed by atoms with E-state index < -0.39 is 32.5 Å². The fourth-order valence-corrected chi connectivity index (χ4v) is 6.02. The summed E-state index contributed by atoms with van der Waals surface area (Å²) in [6, 6.07) is 0. The molecule has 0 radical (unpaired) electrons. The van der Waals surface area contributed by atoms with Crippen LogP contribution in [0.3, 0.4) is 0 Å². The molecule has 0 heterocycles. The summed E-state index contributed by atoms with van der Waals surface area (Å²) < 4.78 is 26.3. The molecule has 0 rings (SSSR count). The molecule has 0 aliphatic carbocycles. The number of esters is 2. The summed E-state index contributed by atoms with van der Waals surface area (Å²) in [5, 5.41) is 9.45. The van der Waals surface area contributed by atoms with E-state index in [1.54, 1.807) is 6.08 Å². The van der Waals surface area contributed by atoms with Crippen LogP contribution in [0, 0.1) is 0 Å². The zero-order chi connectivity index (χ0) is 39.8. The van der Waals surface area contributed by atoms with E-state index >= 15 is 0 Å². The first-order chi connectivity index (χ1) is 26.2. The smallest absolute Gasteiger partial charge is 0.462 e. The van der Waals surface area contributed by atoms with E-state index in [-0.39, 0.29) is 25.6 Å². The third kappa shape index (κ3) is 40.9. The summed E-state index contributed by atoms with van der Waals surface area (Å²) in [6.45, 7) is 3.32. The number of aliphatic hydroxyl groups excluding tert-OH is 1. The molecule has 54 heavy (non-hydrogen) atoms. The second kappa shape index (κ2) is 39.0. The van der Waals surface area contributed by atoms with Crippen LogP contribution in [0.15, 0.2) is 60.8 Å². The Balaban J connectivity index is 4.01. The Morgan fingerprint density at radius 2 is 1.04 bits per heavy atom. The van der Waals surface area contributed by atoms with Crippen molar-refractivity contribution in [1.82, 2.24) is 0 Å². The van der Waals surface area contributed by atoms with E-state index in [0.717, 1.165) is 32.1 Å². The van der Waals surface area contributed by atoms with E-state index in [2.05, 4.69) is 35.8 Å². The number of carbonyl (C=O) groups is 2. The highest BCUT2D eigenvalue weighted by Crippen LogP contribution is 2.36. The molecule has 0 aliphatic heterocycles. The van der Waals surface area contributed by atoms with Gasteiger partial charge in [0, 0.05) is 12.8 Å². The first-order valence-electron chi connectivity index (χ1n) is 21.2. The Morgan fingerprint density at radius 1 is 0.574 bits per heavy atom. The van der Waals surface area contributed by atoms with Gasteiger partial charge in [0.15, 0.2) is 6.10 Å². The van der Waals surface area contributed by atoms with Crippen LogP contribution in [-0.2, 0) is 28.2 Å². The maximum Gasteiger partial charge on any atom is 0.469 e. The minimum Gasteiger partial charge on any atom is -0.462 e. The maximum absolute atomic E-state index is 12.4. The molecule has 2 atom stereocenters. The number of ether oxygens (including phenoxy) is 2. The second-order valence-corrected chi connectivity index (χ2v) is 15.4. The molecule has 0 spiro atoms. The van der Waals surface area contributed by atoms with Crippen molar-refractivity contribution >= 4 is 19.8 Å². The number of unbranched alkanes of at least 4 members (excludes halogenated alkanes) is 18. The lowest BCUT2D eigenvalue weighted by Gasteiger charge is -2.18. The van der Waals surface area contributed by atoms with Gasteiger partial charge in [0.05, 0.1) is 12.7 Å².